The number of urea groups is 1. The van der Waals surface area contributed by atoms with E-state index in [9.17, 15) is 9.59 Å². The summed E-state index contributed by atoms with van der Waals surface area (Å²) in [6, 6.07) is -0.322. The molecule has 0 bridgehead atoms. The van der Waals surface area contributed by atoms with Crippen LogP contribution in [-0.4, -0.2) is 32.2 Å². The first-order valence-corrected chi connectivity index (χ1v) is 7.70. The first-order chi connectivity index (χ1) is 9.99. The maximum atomic E-state index is 12.2. The molecule has 1 N–H and O–H groups in total. The van der Waals surface area contributed by atoms with Crippen LogP contribution in [-0.2, 0) is 24.8 Å². The summed E-state index contributed by atoms with van der Waals surface area (Å²) in [5, 5.41) is 7.42. The molecular weight excluding hydrogens is 292 g/mol. The molecule has 2 aliphatic rings. The fourth-order valence-corrected chi connectivity index (χ4v) is 3.77. The molecule has 0 aromatic carbocycles. The molecule has 21 heavy (non-hydrogen) atoms. The van der Waals surface area contributed by atoms with Gasteiger partial charge in [0, 0.05) is 7.05 Å². The summed E-state index contributed by atoms with van der Waals surface area (Å²) in [7, 11) is 1.82. The van der Waals surface area contributed by atoms with E-state index in [1.54, 1.807) is 9.58 Å². The van der Waals surface area contributed by atoms with Crippen LogP contribution in [0.4, 0.5) is 4.79 Å². The SMILES string of the molecule is CCc1nn(C)c(CN2C(=O)NC(=O)C23CCCC3)c1Cl. The predicted molar refractivity (Wildman–Crippen MR) is 77.9 cm³/mol. The minimum absolute atomic E-state index is 0.168. The van der Waals surface area contributed by atoms with Gasteiger partial charge in [-0.25, -0.2) is 4.79 Å². The Balaban J connectivity index is 1.95. The Kier molecular flexibility index (Phi) is 3.43. The van der Waals surface area contributed by atoms with Crippen molar-refractivity contribution in [3.05, 3.63) is 16.4 Å². The lowest BCUT2D eigenvalue weighted by Crippen LogP contribution is -2.47. The van der Waals surface area contributed by atoms with Crippen molar-refractivity contribution in [2.24, 2.45) is 7.05 Å². The van der Waals surface area contributed by atoms with Gasteiger partial charge in [0.25, 0.3) is 5.91 Å². The van der Waals surface area contributed by atoms with Gasteiger partial charge in [0.1, 0.15) is 5.54 Å². The quantitative estimate of drug-likeness (QED) is 0.868. The number of hydrogen-bond donors (Lipinski definition) is 1. The molecule has 1 aromatic rings. The number of imide groups is 1. The van der Waals surface area contributed by atoms with Gasteiger partial charge in [0.2, 0.25) is 0 Å². The molecule has 1 spiro atoms. The number of nitrogens with zero attached hydrogens (tertiary/aromatic N) is 3. The number of nitrogens with one attached hydrogen (secondary N) is 1. The summed E-state index contributed by atoms with van der Waals surface area (Å²) in [6.07, 6.45) is 4.12. The number of aryl methyl sites for hydroxylation is 2. The van der Waals surface area contributed by atoms with Crippen molar-refractivity contribution in [3.63, 3.8) is 0 Å². The second-order valence-electron chi connectivity index (χ2n) is 5.77. The van der Waals surface area contributed by atoms with Crippen molar-refractivity contribution in [3.8, 4) is 0 Å². The maximum absolute atomic E-state index is 12.2. The first-order valence-electron chi connectivity index (χ1n) is 7.33. The Morgan fingerprint density at radius 1 is 1.33 bits per heavy atom. The molecule has 3 rings (SSSR count). The highest BCUT2D eigenvalue weighted by molar-refractivity contribution is 6.31. The number of aromatic nitrogens is 2. The van der Waals surface area contributed by atoms with Gasteiger partial charge in [-0.3, -0.25) is 14.8 Å². The normalized spacial score (nSPS) is 20.6. The van der Waals surface area contributed by atoms with E-state index in [2.05, 4.69) is 10.4 Å². The Bertz CT molecular complexity index is 604. The number of halogens is 1. The Hall–Kier alpha value is -1.56. The second-order valence-corrected chi connectivity index (χ2v) is 6.15. The average Bonchev–Trinajstić information content (AvgIpc) is 3.09. The molecule has 6 nitrogen and oxygen atoms in total. The Morgan fingerprint density at radius 2 is 2.00 bits per heavy atom. The molecule has 1 saturated heterocycles. The summed E-state index contributed by atoms with van der Waals surface area (Å²) in [6.45, 7) is 2.31. The Morgan fingerprint density at radius 3 is 2.57 bits per heavy atom. The average molecular weight is 311 g/mol. The van der Waals surface area contributed by atoms with Crippen LogP contribution in [0.1, 0.15) is 44.0 Å². The van der Waals surface area contributed by atoms with Crippen LogP contribution in [0.5, 0.6) is 0 Å². The van der Waals surface area contributed by atoms with E-state index < -0.39 is 5.54 Å². The molecule has 0 atom stereocenters. The van der Waals surface area contributed by atoms with Crippen LogP contribution in [0.15, 0.2) is 0 Å². The van der Waals surface area contributed by atoms with Crippen molar-refractivity contribution in [2.45, 2.75) is 51.1 Å². The lowest BCUT2D eigenvalue weighted by Gasteiger charge is -2.31. The molecule has 1 aliphatic heterocycles. The summed E-state index contributed by atoms with van der Waals surface area (Å²) < 4.78 is 1.71. The number of carbonyl (C=O) groups is 2. The third-order valence-electron chi connectivity index (χ3n) is 4.65. The third kappa shape index (κ3) is 2.04. The molecule has 7 heteroatoms. The summed E-state index contributed by atoms with van der Waals surface area (Å²) in [5.41, 5.74) is 0.919. The topological polar surface area (TPSA) is 67.2 Å². The molecule has 1 aliphatic carbocycles. The van der Waals surface area contributed by atoms with E-state index >= 15 is 0 Å². The lowest BCUT2D eigenvalue weighted by molar-refractivity contribution is -0.126. The third-order valence-corrected chi connectivity index (χ3v) is 5.08. The van der Waals surface area contributed by atoms with Crippen molar-refractivity contribution in [2.75, 3.05) is 0 Å². The van der Waals surface area contributed by atoms with Crippen LogP contribution >= 0.6 is 11.6 Å². The standard InChI is InChI=1S/C14H19ClN4O2/c1-3-9-11(15)10(18(2)17-9)8-19-13(21)16-12(20)14(19)6-4-5-7-14/h3-8H2,1-2H3,(H,16,20,21). The van der Waals surface area contributed by atoms with Gasteiger partial charge in [-0.2, -0.15) is 5.10 Å². The van der Waals surface area contributed by atoms with Gasteiger partial charge in [0.15, 0.2) is 0 Å². The van der Waals surface area contributed by atoms with Crippen molar-refractivity contribution in [1.82, 2.24) is 20.0 Å². The highest BCUT2D eigenvalue weighted by Crippen LogP contribution is 2.40. The molecule has 114 valence electrons. The maximum Gasteiger partial charge on any atom is 0.325 e. The van der Waals surface area contributed by atoms with Gasteiger partial charge in [-0.15, -0.1) is 0 Å². The van der Waals surface area contributed by atoms with E-state index in [0.29, 0.717) is 11.6 Å². The van der Waals surface area contributed by atoms with Crippen LogP contribution in [0.25, 0.3) is 0 Å². The largest absolute Gasteiger partial charge is 0.325 e. The summed E-state index contributed by atoms with van der Waals surface area (Å²) in [4.78, 5) is 26.0. The van der Waals surface area contributed by atoms with E-state index in [4.69, 9.17) is 11.6 Å². The van der Waals surface area contributed by atoms with E-state index in [-0.39, 0.29) is 11.9 Å². The zero-order valence-corrected chi connectivity index (χ0v) is 13.0. The Labute approximate surface area is 128 Å². The molecule has 2 heterocycles. The number of hydrogen-bond acceptors (Lipinski definition) is 3. The predicted octanol–water partition coefficient (Wildman–Crippen LogP) is 2.00. The number of amides is 3. The lowest BCUT2D eigenvalue weighted by atomic mass is 9.96. The minimum atomic E-state index is -0.683. The van der Waals surface area contributed by atoms with Crippen LogP contribution in [0.3, 0.4) is 0 Å². The van der Waals surface area contributed by atoms with Gasteiger partial charge in [0.05, 0.1) is 23.0 Å². The molecule has 0 unspecified atom stereocenters. The fourth-order valence-electron chi connectivity index (χ4n) is 3.42. The van der Waals surface area contributed by atoms with Crippen LogP contribution in [0, 0.1) is 0 Å². The van der Waals surface area contributed by atoms with Crippen molar-refractivity contribution in [1.29, 1.82) is 0 Å². The van der Waals surface area contributed by atoms with Gasteiger partial charge < -0.3 is 4.90 Å². The zero-order valence-electron chi connectivity index (χ0n) is 12.3. The summed E-state index contributed by atoms with van der Waals surface area (Å²) in [5.74, 6) is -0.168. The van der Waals surface area contributed by atoms with Crippen molar-refractivity contribution < 1.29 is 9.59 Å². The monoisotopic (exact) mass is 310 g/mol. The van der Waals surface area contributed by atoms with Crippen molar-refractivity contribution >= 4 is 23.5 Å². The van der Waals surface area contributed by atoms with Crippen LogP contribution < -0.4 is 5.32 Å². The van der Waals surface area contributed by atoms with Gasteiger partial charge in [-0.1, -0.05) is 31.4 Å². The molecule has 0 radical (unpaired) electrons. The van der Waals surface area contributed by atoms with E-state index in [1.807, 2.05) is 14.0 Å². The van der Waals surface area contributed by atoms with Crippen LogP contribution in [0.2, 0.25) is 5.02 Å². The molecule has 2 fully saturated rings. The zero-order chi connectivity index (χ0) is 15.2. The second kappa shape index (κ2) is 5.02. The summed E-state index contributed by atoms with van der Waals surface area (Å²) >= 11 is 6.36. The number of rotatable bonds is 3. The van der Waals surface area contributed by atoms with E-state index in [1.165, 1.54) is 0 Å². The van der Waals surface area contributed by atoms with E-state index in [0.717, 1.165) is 43.5 Å². The highest BCUT2D eigenvalue weighted by Gasteiger charge is 2.54. The first kappa shape index (κ1) is 14.4. The van der Waals surface area contributed by atoms with Gasteiger partial charge in [-0.05, 0) is 19.3 Å². The van der Waals surface area contributed by atoms with Gasteiger partial charge >= 0.3 is 6.03 Å². The minimum Gasteiger partial charge on any atom is -0.304 e. The fraction of sp³-hybridized carbons (Fsp3) is 0.643. The molecule has 3 amide bonds. The molecule has 1 aromatic heterocycles. The highest BCUT2D eigenvalue weighted by atomic mass is 35.5. The number of carbonyl (C=O) groups excluding carboxylic acids is 2. The smallest absolute Gasteiger partial charge is 0.304 e. The molecule has 1 saturated carbocycles. The molecular formula is C14H19ClN4O2.